The largest absolute Gasteiger partial charge is 0.573 e. The van der Waals surface area contributed by atoms with Crippen LogP contribution >= 0.6 is 12.4 Å². The zero-order chi connectivity index (χ0) is 14.0. The van der Waals surface area contributed by atoms with E-state index >= 15 is 0 Å². The van der Waals surface area contributed by atoms with Crippen molar-refractivity contribution in [2.45, 2.75) is 18.8 Å². The summed E-state index contributed by atoms with van der Waals surface area (Å²) in [5, 5.41) is 5.01. The topological polar surface area (TPSA) is 50.4 Å². The van der Waals surface area contributed by atoms with Gasteiger partial charge in [0, 0.05) is 0 Å². The van der Waals surface area contributed by atoms with Gasteiger partial charge in [-0.3, -0.25) is 4.79 Å². The summed E-state index contributed by atoms with van der Waals surface area (Å²) < 4.78 is 53.3. The molecule has 1 atom stereocenters. The molecule has 0 aliphatic carbocycles. The third-order valence-corrected chi connectivity index (χ3v) is 2.59. The van der Waals surface area contributed by atoms with Crippen molar-refractivity contribution in [2.75, 3.05) is 11.9 Å². The molecule has 20 heavy (non-hydrogen) atoms. The maximum Gasteiger partial charge on any atom is 0.573 e. The molecule has 0 spiro atoms. The smallest absolute Gasteiger partial charge is 0.403 e. The van der Waals surface area contributed by atoms with Crippen LogP contribution < -0.4 is 15.4 Å². The first-order valence-corrected chi connectivity index (χ1v) is 5.45. The molecule has 1 aromatic rings. The number of benzene rings is 1. The van der Waals surface area contributed by atoms with E-state index < -0.39 is 29.9 Å². The summed E-state index contributed by atoms with van der Waals surface area (Å²) >= 11 is 0. The molecule has 1 fully saturated rings. The highest BCUT2D eigenvalue weighted by Gasteiger charge is 2.33. The lowest BCUT2D eigenvalue weighted by molar-refractivity contribution is -0.275. The normalized spacial score (nSPS) is 17.7. The van der Waals surface area contributed by atoms with E-state index in [0.29, 0.717) is 13.0 Å². The zero-order valence-electron chi connectivity index (χ0n) is 9.96. The van der Waals surface area contributed by atoms with Crippen LogP contribution in [0, 0.1) is 5.82 Å². The zero-order valence-corrected chi connectivity index (χ0v) is 10.8. The average Bonchev–Trinajstić information content (AvgIpc) is 2.19. The Morgan fingerprint density at radius 3 is 2.55 bits per heavy atom. The molecule has 9 heteroatoms. The maximum absolute atomic E-state index is 13.7. The number of ether oxygens (including phenoxy) is 1. The van der Waals surface area contributed by atoms with Gasteiger partial charge in [0.05, 0.1) is 11.7 Å². The molecule has 2 rings (SSSR count). The highest BCUT2D eigenvalue weighted by Crippen LogP contribution is 2.29. The van der Waals surface area contributed by atoms with Gasteiger partial charge in [0.1, 0.15) is 0 Å². The SMILES string of the molecule is Cl.O=C(Nc1cccc(OC(F)(F)F)c1F)C1CCN1. The Kier molecular flexibility index (Phi) is 5.18. The Bertz CT molecular complexity index is 492. The molecule has 1 heterocycles. The molecule has 112 valence electrons. The molecule has 1 aromatic carbocycles. The first kappa shape index (κ1) is 16.5. The lowest BCUT2D eigenvalue weighted by Crippen LogP contribution is -2.50. The van der Waals surface area contributed by atoms with Crippen molar-refractivity contribution in [3.8, 4) is 5.75 Å². The van der Waals surface area contributed by atoms with Crippen LogP contribution in [-0.4, -0.2) is 24.9 Å². The number of carbonyl (C=O) groups is 1. The van der Waals surface area contributed by atoms with Crippen molar-refractivity contribution in [3.05, 3.63) is 24.0 Å². The molecule has 1 unspecified atom stereocenters. The van der Waals surface area contributed by atoms with Crippen LogP contribution in [0.1, 0.15) is 6.42 Å². The van der Waals surface area contributed by atoms with Gasteiger partial charge >= 0.3 is 6.36 Å². The van der Waals surface area contributed by atoms with Gasteiger partial charge in [0.15, 0.2) is 11.6 Å². The van der Waals surface area contributed by atoms with Crippen molar-refractivity contribution in [1.29, 1.82) is 0 Å². The molecular weight excluding hydrogens is 304 g/mol. The summed E-state index contributed by atoms with van der Waals surface area (Å²) in [4.78, 5) is 11.5. The molecule has 4 nitrogen and oxygen atoms in total. The molecule has 2 N–H and O–H groups in total. The van der Waals surface area contributed by atoms with Crippen molar-refractivity contribution in [3.63, 3.8) is 0 Å². The Morgan fingerprint density at radius 2 is 2.05 bits per heavy atom. The van der Waals surface area contributed by atoms with Crippen LogP contribution in [0.15, 0.2) is 18.2 Å². The molecule has 0 saturated carbocycles. The predicted molar refractivity (Wildman–Crippen MR) is 65.4 cm³/mol. The van der Waals surface area contributed by atoms with E-state index in [4.69, 9.17) is 0 Å². The highest BCUT2D eigenvalue weighted by atomic mass is 35.5. The fourth-order valence-corrected chi connectivity index (χ4v) is 1.54. The summed E-state index contributed by atoms with van der Waals surface area (Å²) in [5.74, 6) is -2.73. The third kappa shape index (κ3) is 3.97. The van der Waals surface area contributed by atoms with Gasteiger partial charge in [-0.25, -0.2) is 4.39 Å². The molecule has 1 saturated heterocycles. The van der Waals surface area contributed by atoms with Gasteiger partial charge in [-0.2, -0.15) is 0 Å². The van der Waals surface area contributed by atoms with E-state index in [1.54, 1.807) is 0 Å². The van der Waals surface area contributed by atoms with Crippen LogP contribution in [0.4, 0.5) is 23.2 Å². The second kappa shape index (κ2) is 6.27. The number of halogens is 5. The summed E-state index contributed by atoms with van der Waals surface area (Å²) in [6, 6.07) is 2.72. The van der Waals surface area contributed by atoms with Crippen LogP contribution in [0.3, 0.4) is 0 Å². The predicted octanol–water partition coefficient (Wildman–Crippen LogP) is 2.45. The molecule has 0 bridgehead atoms. The van der Waals surface area contributed by atoms with Gasteiger partial charge in [-0.1, -0.05) is 6.07 Å². The van der Waals surface area contributed by atoms with Crippen LogP contribution in [0.2, 0.25) is 0 Å². The van der Waals surface area contributed by atoms with E-state index in [-0.39, 0.29) is 18.1 Å². The van der Waals surface area contributed by atoms with Crippen molar-refractivity contribution < 1.29 is 27.1 Å². The lowest BCUT2D eigenvalue weighted by Gasteiger charge is -2.26. The first-order valence-electron chi connectivity index (χ1n) is 5.45. The van der Waals surface area contributed by atoms with Gasteiger partial charge in [0.25, 0.3) is 0 Å². The fraction of sp³-hybridized carbons (Fsp3) is 0.364. The standard InChI is InChI=1S/C11H10F4N2O2.ClH/c12-9-6(17-10(18)7-4-5-16-7)2-1-3-8(9)19-11(13,14)15;/h1-3,7,16H,4-5H2,(H,17,18);1H. The minimum Gasteiger partial charge on any atom is -0.403 e. The highest BCUT2D eigenvalue weighted by molar-refractivity contribution is 5.95. The number of carbonyl (C=O) groups excluding carboxylic acids is 1. The monoisotopic (exact) mass is 314 g/mol. The van der Waals surface area contributed by atoms with E-state index in [1.807, 2.05) is 0 Å². The minimum absolute atomic E-state index is 0. The maximum atomic E-state index is 13.7. The Hall–Kier alpha value is -1.54. The van der Waals surface area contributed by atoms with Gasteiger partial charge in [0.2, 0.25) is 5.91 Å². The fourth-order valence-electron chi connectivity index (χ4n) is 1.54. The number of anilines is 1. The number of nitrogens with one attached hydrogen (secondary N) is 2. The summed E-state index contributed by atoms with van der Waals surface area (Å²) in [5.41, 5.74) is -0.347. The van der Waals surface area contributed by atoms with Crippen LogP contribution in [-0.2, 0) is 4.79 Å². The first-order chi connectivity index (χ1) is 8.87. The summed E-state index contributed by atoms with van der Waals surface area (Å²) in [7, 11) is 0. The van der Waals surface area contributed by atoms with E-state index in [2.05, 4.69) is 15.4 Å². The quantitative estimate of drug-likeness (QED) is 0.843. The molecule has 1 aliphatic rings. The summed E-state index contributed by atoms with van der Waals surface area (Å²) in [6.45, 7) is 0.678. The van der Waals surface area contributed by atoms with Crippen molar-refractivity contribution >= 4 is 24.0 Å². The van der Waals surface area contributed by atoms with Crippen LogP contribution in [0.5, 0.6) is 5.75 Å². The van der Waals surface area contributed by atoms with Crippen molar-refractivity contribution in [1.82, 2.24) is 5.32 Å². The van der Waals surface area contributed by atoms with Gasteiger partial charge < -0.3 is 15.4 Å². The van der Waals surface area contributed by atoms with Gasteiger partial charge in [-0.15, -0.1) is 25.6 Å². The average molecular weight is 315 g/mol. The Balaban J connectivity index is 0.00000200. The summed E-state index contributed by atoms with van der Waals surface area (Å²) in [6.07, 6.45) is -4.38. The van der Waals surface area contributed by atoms with E-state index in [9.17, 15) is 22.4 Å². The number of hydrogen-bond acceptors (Lipinski definition) is 3. The molecule has 0 aromatic heterocycles. The Morgan fingerprint density at radius 1 is 1.40 bits per heavy atom. The molecular formula is C11H11ClF4N2O2. The second-order valence-corrected chi connectivity index (χ2v) is 3.95. The van der Waals surface area contributed by atoms with Crippen molar-refractivity contribution in [2.24, 2.45) is 0 Å². The number of hydrogen-bond donors (Lipinski definition) is 2. The van der Waals surface area contributed by atoms with Crippen LogP contribution in [0.25, 0.3) is 0 Å². The minimum atomic E-state index is -4.99. The number of rotatable bonds is 3. The number of amides is 1. The van der Waals surface area contributed by atoms with E-state index in [0.717, 1.165) is 18.2 Å². The number of alkyl halides is 3. The van der Waals surface area contributed by atoms with E-state index in [1.165, 1.54) is 0 Å². The van der Waals surface area contributed by atoms with Gasteiger partial charge in [-0.05, 0) is 25.1 Å². The lowest BCUT2D eigenvalue weighted by atomic mass is 10.1. The Labute approximate surface area is 117 Å². The molecule has 1 aliphatic heterocycles. The second-order valence-electron chi connectivity index (χ2n) is 3.95. The third-order valence-electron chi connectivity index (χ3n) is 2.59. The molecule has 0 radical (unpaired) electrons. The molecule has 1 amide bonds.